The molecule has 0 spiro atoms. The van der Waals surface area contributed by atoms with Gasteiger partial charge >= 0.3 is 6.09 Å². The number of hydrogen-bond acceptors (Lipinski definition) is 3. The molecule has 33 heavy (non-hydrogen) atoms. The molecule has 0 aliphatic carbocycles. The van der Waals surface area contributed by atoms with E-state index in [1.807, 2.05) is 26.8 Å². The fourth-order valence-electron chi connectivity index (χ4n) is 4.83. The zero-order valence-electron chi connectivity index (χ0n) is 20.2. The maximum absolute atomic E-state index is 14.8. The Balaban J connectivity index is 1.65. The number of aromatic amines is 1. The molecule has 1 amide bonds. The van der Waals surface area contributed by atoms with Gasteiger partial charge in [0.25, 0.3) is 0 Å². The molecule has 3 heterocycles. The van der Waals surface area contributed by atoms with Crippen molar-refractivity contribution in [1.82, 2.24) is 14.9 Å². The van der Waals surface area contributed by atoms with Gasteiger partial charge in [-0.1, -0.05) is 26.8 Å². The Kier molecular flexibility index (Phi) is 6.73. The van der Waals surface area contributed by atoms with Crippen LogP contribution in [0, 0.1) is 5.82 Å². The summed E-state index contributed by atoms with van der Waals surface area (Å²) in [6.45, 7) is 11.5. The van der Waals surface area contributed by atoms with E-state index >= 15 is 0 Å². The van der Waals surface area contributed by atoms with Crippen LogP contribution in [0.1, 0.15) is 76.1 Å². The molecule has 1 N–H and O–H groups in total. The molecule has 1 aromatic carbocycles. The van der Waals surface area contributed by atoms with Crippen LogP contribution in [0.3, 0.4) is 0 Å². The summed E-state index contributed by atoms with van der Waals surface area (Å²) in [6.07, 6.45) is 3.58. The Labute approximate surface area is 195 Å². The van der Waals surface area contributed by atoms with E-state index in [0.717, 1.165) is 47.1 Å². The number of hydrogen-bond donors (Lipinski definition) is 1. The summed E-state index contributed by atoms with van der Waals surface area (Å²) in [5.41, 5.74) is 5.74. The third-order valence-corrected chi connectivity index (χ3v) is 6.54. The highest BCUT2D eigenvalue weighted by Gasteiger charge is 2.26. The lowest BCUT2D eigenvalue weighted by Crippen LogP contribution is -2.39. The van der Waals surface area contributed by atoms with Gasteiger partial charge < -0.3 is 14.6 Å². The Morgan fingerprint density at radius 2 is 1.94 bits per heavy atom. The summed E-state index contributed by atoms with van der Waals surface area (Å²) in [7, 11) is 0. The molecule has 1 aliphatic heterocycles. The second kappa shape index (κ2) is 9.54. The standard InChI is InChI=1S/C27H34FN3O2/c1-6-20-14-21(23(28)15-29-20)26-25(16(2)3)22-13-19(7-8-24(22)30-26)18-9-11-31(12-10-18)27(32)33-17(4)5/h7-8,13-18,30H,6,9-12H2,1-5H3. The summed E-state index contributed by atoms with van der Waals surface area (Å²) in [4.78, 5) is 21.7. The molecule has 6 heteroatoms. The summed E-state index contributed by atoms with van der Waals surface area (Å²) < 4.78 is 20.1. The van der Waals surface area contributed by atoms with Crippen LogP contribution >= 0.6 is 0 Å². The minimum Gasteiger partial charge on any atom is -0.447 e. The SMILES string of the molecule is CCc1cc(-c2[nH]c3ccc(C4CCN(C(=O)OC(C)C)CC4)cc3c2C(C)C)c(F)cn1. The lowest BCUT2D eigenvalue weighted by atomic mass is 9.87. The van der Waals surface area contributed by atoms with Crippen LogP contribution in [0.15, 0.2) is 30.5 Å². The summed E-state index contributed by atoms with van der Waals surface area (Å²) >= 11 is 0. The van der Waals surface area contributed by atoms with Crippen molar-refractivity contribution in [2.45, 2.75) is 71.8 Å². The van der Waals surface area contributed by atoms with Crippen molar-refractivity contribution in [2.75, 3.05) is 13.1 Å². The van der Waals surface area contributed by atoms with Crippen molar-refractivity contribution in [3.63, 3.8) is 0 Å². The minimum atomic E-state index is -0.304. The minimum absolute atomic E-state index is 0.103. The summed E-state index contributed by atoms with van der Waals surface area (Å²) in [6, 6.07) is 8.40. The Morgan fingerprint density at radius 1 is 1.21 bits per heavy atom. The molecule has 1 aliphatic rings. The number of ether oxygens (including phenoxy) is 1. The smallest absolute Gasteiger partial charge is 0.410 e. The van der Waals surface area contributed by atoms with Crippen molar-refractivity contribution in [1.29, 1.82) is 0 Å². The highest BCUT2D eigenvalue weighted by molar-refractivity contribution is 5.92. The van der Waals surface area contributed by atoms with Crippen molar-refractivity contribution >= 4 is 17.0 Å². The molecule has 3 aromatic rings. The van der Waals surface area contributed by atoms with Gasteiger partial charge in [-0.3, -0.25) is 4.98 Å². The number of amides is 1. The largest absolute Gasteiger partial charge is 0.447 e. The number of pyridine rings is 1. The Bertz CT molecular complexity index is 1140. The monoisotopic (exact) mass is 451 g/mol. The molecule has 0 unspecified atom stereocenters. The van der Waals surface area contributed by atoms with Crippen LogP contribution in [-0.2, 0) is 11.2 Å². The molecule has 4 rings (SSSR count). The third-order valence-electron chi connectivity index (χ3n) is 6.54. The lowest BCUT2D eigenvalue weighted by Gasteiger charge is -2.32. The maximum Gasteiger partial charge on any atom is 0.410 e. The molecular weight excluding hydrogens is 417 g/mol. The van der Waals surface area contributed by atoms with Crippen LogP contribution in [0.5, 0.6) is 0 Å². The highest BCUT2D eigenvalue weighted by atomic mass is 19.1. The number of carbonyl (C=O) groups excluding carboxylic acids is 1. The van der Waals surface area contributed by atoms with Gasteiger partial charge in [0.15, 0.2) is 5.82 Å². The van der Waals surface area contributed by atoms with E-state index in [0.29, 0.717) is 24.6 Å². The Hall–Kier alpha value is -2.89. The fourth-order valence-corrected chi connectivity index (χ4v) is 4.83. The average molecular weight is 452 g/mol. The van der Waals surface area contributed by atoms with Crippen molar-refractivity contribution < 1.29 is 13.9 Å². The maximum atomic E-state index is 14.8. The van der Waals surface area contributed by atoms with E-state index in [1.54, 1.807) is 4.90 Å². The first kappa shape index (κ1) is 23.3. The number of nitrogens with zero attached hydrogens (tertiary/aromatic N) is 2. The molecular formula is C27H34FN3O2. The van der Waals surface area contributed by atoms with Crippen LogP contribution in [0.4, 0.5) is 9.18 Å². The predicted molar refractivity (Wildman–Crippen MR) is 130 cm³/mol. The van der Waals surface area contributed by atoms with Crippen molar-refractivity contribution in [3.8, 4) is 11.3 Å². The van der Waals surface area contributed by atoms with E-state index < -0.39 is 0 Å². The number of fused-ring (bicyclic) bond motifs is 1. The van der Waals surface area contributed by atoms with E-state index in [1.165, 1.54) is 11.8 Å². The summed E-state index contributed by atoms with van der Waals surface area (Å²) in [5, 5.41) is 1.15. The number of rotatable bonds is 5. The molecule has 5 nitrogen and oxygen atoms in total. The number of likely N-dealkylation sites (tertiary alicyclic amines) is 1. The molecule has 1 saturated heterocycles. The average Bonchev–Trinajstić information content (AvgIpc) is 3.18. The predicted octanol–water partition coefficient (Wildman–Crippen LogP) is 6.78. The zero-order valence-corrected chi connectivity index (χ0v) is 20.2. The third kappa shape index (κ3) is 4.75. The molecule has 2 aromatic heterocycles. The van der Waals surface area contributed by atoms with Crippen LogP contribution in [0.2, 0.25) is 0 Å². The number of aryl methyl sites for hydroxylation is 1. The number of aromatic nitrogens is 2. The molecule has 176 valence electrons. The van der Waals surface area contributed by atoms with Gasteiger partial charge in [-0.25, -0.2) is 9.18 Å². The van der Waals surface area contributed by atoms with Gasteiger partial charge in [0, 0.05) is 35.2 Å². The number of piperidine rings is 1. The van der Waals surface area contributed by atoms with Gasteiger partial charge in [-0.05, 0) is 74.3 Å². The summed E-state index contributed by atoms with van der Waals surface area (Å²) in [5.74, 6) is 0.316. The Morgan fingerprint density at radius 3 is 2.58 bits per heavy atom. The van der Waals surface area contributed by atoms with Gasteiger partial charge in [-0.2, -0.15) is 0 Å². The molecule has 0 radical (unpaired) electrons. The quantitative estimate of drug-likeness (QED) is 0.465. The molecule has 0 saturated carbocycles. The van der Waals surface area contributed by atoms with Gasteiger partial charge in [0.1, 0.15) is 0 Å². The van der Waals surface area contributed by atoms with Crippen LogP contribution in [0.25, 0.3) is 22.2 Å². The molecule has 0 atom stereocenters. The first-order chi connectivity index (χ1) is 15.8. The fraction of sp³-hybridized carbons (Fsp3) is 0.481. The number of benzene rings is 1. The zero-order chi connectivity index (χ0) is 23.7. The topological polar surface area (TPSA) is 58.2 Å². The number of nitrogens with one attached hydrogen (secondary N) is 1. The highest BCUT2D eigenvalue weighted by Crippen LogP contribution is 2.39. The van der Waals surface area contributed by atoms with Crippen LogP contribution < -0.4 is 0 Å². The van der Waals surface area contributed by atoms with Crippen molar-refractivity contribution in [2.24, 2.45) is 0 Å². The number of halogens is 1. The molecule has 0 bridgehead atoms. The van der Waals surface area contributed by atoms with E-state index in [9.17, 15) is 9.18 Å². The van der Waals surface area contributed by atoms with E-state index in [-0.39, 0.29) is 23.9 Å². The first-order valence-corrected chi connectivity index (χ1v) is 12.0. The molecule has 1 fully saturated rings. The van der Waals surface area contributed by atoms with Gasteiger partial charge in [0.05, 0.1) is 18.0 Å². The lowest BCUT2D eigenvalue weighted by molar-refractivity contribution is 0.0692. The first-order valence-electron chi connectivity index (χ1n) is 12.0. The van der Waals surface area contributed by atoms with Gasteiger partial charge in [-0.15, -0.1) is 0 Å². The van der Waals surface area contributed by atoms with Gasteiger partial charge in [0.2, 0.25) is 0 Å². The number of carbonyl (C=O) groups is 1. The van der Waals surface area contributed by atoms with Crippen molar-refractivity contribution in [3.05, 3.63) is 53.1 Å². The normalized spacial score (nSPS) is 15.1. The second-order valence-corrected chi connectivity index (χ2v) is 9.58. The number of H-pyrrole nitrogens is 1. The second-order valence-electron chi connectivity index (χ2n) is 9.58. The van der Waals surface area contributed by atoms with Crippen LogP contribution in [-0.4, -0.2) is 40.2 Å². The van der Waals surface area contributed by atoms with E-state index in [4.69, 9.17) is 4.74 Å². The van der Waals surface area contributed by atoms with E-state index in [2.05, 4.69) is 42.0 Å².